The molecule has 0 heterocycles. The van der Waals surface area contributed by atoms with Gasteiger partial charge < -0.3 is 10.6 Å². The predicted molar refractivity (Wildman–Crippen MR) is 158 cm³/mol. The Kier molecular flexibility index (Phi) is 9.10. The Bertz CT molecular complexity index is 1580. The summed E-state index contributed by atoms with van der Waals surface area (Å²) in [6.07, 6.45) is 4.75. The lowest BCUT2D eigenvalue weighted by Gasteiger charge is -2.12. The summed E-state index contributed by atoms with van der Waals surface area (Å²) in [7, 11) is 0. The molecule has 0 aromatic heterocycles. The van der Waals surface area contributed by atoms with Gasteiger partial charge in [0.1, 0.15) is 5.70 Å². The number of rotatable bonds is 8. The van der Waals surface area contributed by atoms with Gasteiger partial charge in [0, 0.05) is 26.9 Å². The molecule has 7 heteroatoms. The van der Waals surface area contributed by atoms with E-state index in [1.54, 1.807) is 78.9 Å². The van der Waals surface area contributed by atoms with Crippen LogP contribution < -0.4 is 10.6 Å². The van der Waals surface area contributed by atoms with Crippen molar-refractivity contribution in [2.75, 3.05) is 5.32 Å². The number of carbonyl (C=O) groups is 3. The highest BCUT2D eigenvalue weighted by atomic mass is 35.5. The minimum atomic E-state index is -0.566. The highest BCUT2D eigenvalue weighted by molar-refractivity contribution is 6.35. The Morgan fingerprint density at radius 1 is 0.769 bits per heavy atom. The predicted octanol–water partition coefficient (Wildman–Crippen LogP) is 7.61. The Labute approximate surface area is 236 Å². The number of benzene rings is 4. The molecule has 0 saturated heterocycles. The van der Waals surface area contributed by atoms with Gasteiger partial charge in [0.15, 0.2) is 5.78 Å². The number of allylic oxidation sites excluding steroid dienone is 1. The molecule has 2 N–H and O–H groups in total. The van der Waals surface area contributed by atoms with Crippen LogP contribution in [0.1, 0.15) is 37.4 Å². The van der Waals surface area contributed by atoms with E-state index >= 15 is 0 Å². The van der Waals surface area contributed by atoms with E-state index in [1.807, 2.05) is 31.2 Å². The van der Waals surface area contributed by atoms with Crippen LogP contribution in [0.15, 0.2) is 109 Å². The summed E-state index contributed by atoms with van der Waals surface area (Å²) in [4.78, 5) is 38.6. The molecular formula is C32H24Cl2N2O3. The van der Waals surface area contributed by atoms with Gasteiger partial charge in [-0.2, -0.15) is 0 Å². The summed E-state index contributed by atoms with van der Waals surface area (Å²) >= 11 is 12.3. The molecule has 4 aromatic rings. The molecule has 0 unspecified atom stereocenters. The van der Waals surface area contributed by atoms with Gasteiger partial charge in [-0.3, -0.25) is 14.4 Å². The van der Waals surface area contributed by atoms with E-state index in [1.165, 1.54) is 12.2 Å². The Morgan fingerprint density at radius 3 is 2.21 bits per heavy atom. The number of aryl methyl sites for hydroxylation is 1. The second kappa shape index (κ2) is 12.9. The van der Waals surface area contributed by atoms with Gasteiger partial charge in [-0.25, -0.2) is 0 Å². The summed E-state index contributed by atoms with van der Waals surface area (Å²) in [6, 6.07) is 27.7. The molecule has 0 radical (unpaired) electrons. The second-order valence-electron chi connectivity index (χ2n) is 8.69. The highest BCUT2D eigenvalue weighted by Crippen LogP contribution is 2.23. The third-order valence-corrected chi connectivity index (χ3v) is 6.25. The molecule has 194 valence electrons. The molecule has 0 atom stereocenters. The van der Waals surface area contributed by atoms with E-state index in [0.29, 0.717) is 32.4 Å². The van der Waals surface area contributed by atoms with Crippen LogP contribution in [-0.4, -0.2) is 17.6 Å². The maximum atomic E-state index is 13.2. The number of carbonyl (C=O) groups excluding carboxylic acids is 3. The molecule has 4 aromatic carbocycles. The van der Waals surface area contributed by atoms with Crippen molar-refractivity contribution < 1.29 is 14.4 Å². The Balaban J connectivity index is 1.51. The van der Waals surface area contributed by atoms with Crippen molar-refractivity contribution in [3.63, 3.8) is 0 Å². The second-order valence-corrected chi connectivity index (χ2v) is 9.53. The average Bonchev–Trinajstić information content (AvgIpc) is 2.93. The molecule has 39 heavy (non-hydrogen) atoms. The summed E-state index contributed by atoms with van der Waals surface area (Å²) in [6.45, 7) is 1.99. The van der Waals surface area contributed by atoms with Crippen LogP contribution in [0, 0.1) is 6.92 Å². The summed E-state index contributed by atoms with van der Waals surface area (Å²) in [5.74, 6) is -1.19. The lowest BCUT2D eigenvalue weighted by Crippen LogP contribution is -2.30. The number of halogens is 2. The first-order valence-electron chi connectivity index (χ1n) is 12.0. The van der Waals surface area contributed by atoms with Crippen LogP contribution in [0.25, 0.3) is 12.2 Å². The van der Waals surface area contributed by atoms with Crippen molar-refractivity contribution in [3.05, 3.63) is 147 Å². The number of amides is 2. The van der Waals surface area contributed by atoms with Gasteiger partial charge in [0.25, 0.3) is 11.8 Å². The van der Waals surface area contributed by atoms with Gasteiger partial charge in [0.2, 0.25) is 0 Å². The highest BCUT2D eigenvalue weighted by Gasteiger charge is 2.16. The largest absolute Gasteiger partial charge is 0.321 e. The molecule has 0 spiro atoms. The topological polar surface area (TPSA) is 75.3 Å². The zero-order chi connectivity index (χ0) is 27.8. The number of hydrogen-bond acceptors (Lipinski definition) is 3. The Hall–Kier alpha value is -4.45. The number of anilines is 1. The minimum absolute atomic E-state index is 0.0192. The molecule has 0 saturated carbocycles. The first-order valence-corrected chi connectivity index (χ1v) is 12.8. The van der Waals surface area contributed by atoms with E-state index in [4.69, 9.17) is 23.2 Å². The number of ketones is 1. The maximum absolute atomic E-state index is 13.2. The van der Waals surface area contributed by atoms with Crippen LogP contribution in [0.3, 0.4) is 0 Å². The van der Waals surface area contributed by atoms with Gasteiger partial charge in [0.05, 0.1) is 0 Å². The molecule has 2 amide bonds. The fraction of sp³-hybridized carbons (Fsp3) is 0.0312. The van der Waals surface area contributed by atoms with E-state index in [-0.39, 0.29) is 11.5 Å². The van der Waals surface area contributed by atoms with Crippen molar-refractivity contribution in [2.24, 2.45) is 0 Å². The number of nitrogens with one attached hydrogen (secondary N) is 2. The van der Waals surface area contributed by atoms with E-state index in [2.05, 4.69) is 10.6 Å². The Morgan fingerprint density at radius 2 is 1.51 bits per heavy atom. The van der Waals surface area contributed by atoms with Crippen molar-refractivity contribution >= 4 is 58.6 Å². The van der Waals surface area contributed by atoms with Crippen LogP contribution in [0.2, 0.25) is 10.0 Å². The van der Waals surface area contributed by atoms with Gasteiger partial charge in [-0.1, -0.05) is 83.4 Å². The normalized spacial score (nSPS) is 11.3. The van der Waals surface area contributed by atoms with Crippen molar-refractivity contribution in [1.29, 1.82) is 0 Å². The van der Waals surface area contributed by atoms with Gasteiger partial charge >= 0.3 is 0 Å². The monoisotopic (exact) mass is 554 g/mol. The van der Waals surface area contributed by atoms with Crippen LogP contribution in [-0.2, 0) is 4.79 Å². The fourth-order valence-corrected chi connectivity index (χ4v) is 4.14. The summed E-state index contributed by atoms with van der Waals surface area (Å²) in [5.41, 5.74) is 3.83. The zero-order valence-electron chi connectivity index (χ0n) is 21.0. The first kappa shape index (κ1) is 27.6. The molecule has 0 aliphatic heterocycles. The van der Waals surface area contributed by atoms with E-state index < -0.39 is 11.8 Å². The van der Waals surface area contributed by atoms with Crippen molar-refractivity contribution in [3.8, 4) is 0 Å². The summed E-state index contributed by atoms with van der Waals surface area (Å²) < 4.78 is 0. The fourth-order valence-electron chi connectivity index (χ4n) is 3.67. The van der Waals surface area contributed by atoms with Gasteiger partial charge in [-0.05, 0) is 78.7 Å². The molecule has 0 bridgehead atoms. The molecule has 4 rings (SSSR count). The molecule has 5 nitrogen and oxygen atoms in total. The lowest BCUT2D eigenvalue weighted by atomic mass is 10.1. The standard InChI is InChI=1S/C32H24Cl2N2O3/c1-21-6-5-7-22(18-21)10-17-30(37)23-12-15-27(16-13-23)35-32(39)29(19-25-11-14-26(33)20-28(25)34)36-31(38)24-8-3-2-4-9-24/h2-20H,1H3,(H,35,39)(H,36,38)/b17-10+,29-19-. The van der Waals surface area contributed by atoms with Crippen LogP contribution >= 0.6 is 23.2 Å². The molecule has 0 aliphatic carbocycles. The van der Waals surface area contributed by atoms with Crippen LogP contribution in [0.5, 0.6) is 0 Å². The minimum Gasteiger partial charge on any atom is -0.321 e. The first-order chi connectivity index (χ1) is 18.8. The SMILES string of the molecule is Cc1cccc(/C=C/C(=O)c2ccc(NC(=O)/C(=C/c3ccc(Cl)cc3Cl)NC(=O)c3ccccc3)cc2)c1. The average molecular weight is 555 g/mol. The zero-order valence-corrected chi connectivity index (χ0v) is 22.5. The van der Waals surface area contributed by atoms with Gasteiger partial charge in [-0.15, -0.1) is 0 Å². The third-order valence-electron chi connectivity index (χ3n) is 5.69. The lowest BCUT2D eigenvalue weighted by molar-refractivity contribution is -0.113. The summed E-state index contributed by atoms with van der Waals surface area (Å²) in [5, 5.41) is 6.19. The van der Waals surface area contributed by atoms with Crippen LogP contribution in [0.4, 0.5) is 5.69 Å². The maximum Gasteiger partial charge on any atom is 0.272 e. The van der Waals surface area contributed by atoms with Crippen molar-refractivity contribution in [2.45, 2.75) is 6.92 Å². The quantitative estimate of drug-likeness (QED) is 0.174. The molecule has 0 fully saturated rings. The van der Waals surface area contributed by atoms with E-state index in [0.717, 1.165) is 11.1 Å². The molecular weight excluding hydrogens is 531 g/mol. The number of hydrogen-bond donors (Lipinski definition) is 2. The molecule has 0 aliphatic rings. The third kappa shape index (κ3) is 7.77. The van der Waals surface area contributed by atoms with Crippen molar-refractivity contribution in [1.82, 2.24) is 5.32 Å². The van der Waals surface area contributed by atoms with E-state index in [9.17, 15) is 14.4 Å². The smallest absolute Gasteiger partial charge is 0.272 e.